The minimum absolute atomic E-state index is 0.300. The summed E-state index contributed by atoms with van der Waals surface area (Å²) < 4.78 is 14.1. The highest BCUT2D eigenvalue weighted by molar-refractivity contribution is 5.85. The molecule has 16 heavy (non-hydrogen) atoms. The third-order valence-electron chi connectivity index (χ3n) is 2.55. The lowest BCUT2D eigenvalue weighted by Gasteiger charge is -2.00. The molecule has 80 valence electrons. The molecule has 0 fully saturated rings. The summed E-state index contributed by atoms with van der Waals surface area (Å²) in [6, 6.07) is 6.98. The third-order valence-corrected chi connectivity index (χ3v) is 2.55. The standard InChI is InChI=1S/C11H9FN4/c12-10-7(8-5-9(13)16-15-8)2-1-6-3-4-14-11(6)10/h1-5,14H,(H3,13,15,16). The van der Waals surface area contributed by atoms with Gasteiger partial charge in [-0.25, -0.2) is 4.39 Å². The van der Waals surface area contributed by atoms with Gasteiger partial charge in [0, 0.05) is 23.2 Å². The molecule has 0 saturated carbocycles. The second-order valence-electron chi connectivity index (χ2n) is 3.58. The van der Waals surface area contributed by atoms with Crippen LogP contribution in [-0.2, 0) is 0 Å². The number of nitrogens with two attached hydrogens (primary N) is 1. The van der Waals surface area contributed by atoms with E-state index in [4.69, 9.17) is 5.73 Å². The molecule has 1 aromatic carbocycles. The first-order chi connectivity index (χ1) is 7.75. The number of hydrogen-bond donors (Lipinski definition) is 3. The average Bonchev–Trinajstić information content (AvgIpc) is 2.87. The number of nitrogen functional groups attached to an aromatic ring is 1. The number of H-pyrrole nitrogens is 2. The Morgan fingerprint density at radius 3 is 2.88 bits per heavy atom. The number of nitrogens with zero attached hydrogens (tertiary/aromatic N) is 1. The summed E-state index contributed by atoms with van der Waals surface area (Å²) in [5, 5.41) is 7.31. The molecule has 0 radical (unpaired) electrons. The summed E-state index contributed by atoms with van der Waals surface area (Å²) in [6.45, 7) is 0. The van der Waals surface area contributed by atoms with Crippen molar-refractivity contribution in [3.8, 4) is 11.3 Å². The van der Waals surface area contributed by atoms with Crippen LogP contribution < -0.4 is 5.73 Å². The van der Waals surface area contributed by atoms with Gasteiger partial charge in [-0.3, -0.25) is 5.10 Å². The summed E-state index contributed by atoms with van der Waals surface area (Å²) in [4.78, 5) is 2.86. The largest absolute Gasteiger partial charge is 0.382 e. The number of aromatic amines is 2. The molecule has 0 aliphatic rings. The van der Waals surface area contributed by atoms with Crippen LogP contribution in [-0.4, -0.2) is 15.2 Å². The molecule has 3 rings (SSSR count). The predicted octanol–water partition coefficient (Wildman–Crippen LogP) is 2.28. The van der Waals surface area contributed by atoms with E-state index >= 15 is 0 Å². The molecule has 5 heteroatoms. The highest BCUT2D eigenvalue weighted by Crippen LogP contribution is 2.27. The highest BCUT2D eigenvalue weighted by Gasteiger charge is 2.11. The lowest BCUT2D eigenvalue weighted by Crippen LogP contribution is -1.86. The van der Waals surface area contributed by atoms with E-state index in [2.05, 4.69) is 15.2 Å². The van der Waals surface area contributed by atoms with Crippen LogP contribution in [0.1, 0.15) is 0 Å². The smallest absolute Gasteiger partial charge is 0.156 e. The van der Waals surface area contributed by atoms with Gasteiger partial charge in [0.15, 0.2) is 5.82 Å². The van der Waals surface area contributed by atoms with Crippen molar-refractivity contribution in [3.63, 3.8) is 0 Å². The lowest BCUT2D eigenvalue weighted by atomic mass is 10.1. The van der Waals surface area contributed by atoms with Crippen molar-refractivity contribution >= 4 is 16.7 Å². The van der Waals surface area contributed by atoms with E-state index in [1.54, 1.807) is 18.3 Å². The monoisotopic (exact) mass is 216 g/mol. The Morgan fingerprint density at radius 2 is 2.12 bits per heavy atom. The first-order valence-electron chi connectivity index (χ1n) is 4.82. The zero-order chi connectivity index (χ0) is 11.1. The van der Waals surface area contributed by atoms with Gasteiger partial charge in [-0.2, -0.15) is 5.10 Å². The van der Waals surface area contributed by atoms with Crippen molar-refractivity contribution in [1.29, 1.82) is 0 Å². The van der Waals surface area contributed by atoms with Gasteiger partial charge >= 0.3 is 0 Å². The Hall–Kier alpha value is -2.30. The number of rotatable bonds is 1. The van der Waals surface area contributed by atoms with Crippen LogP contribution in [0, 0.1) is 5.82 Å². The lowest BCUT2D eigenvalue weighted by molar-refractivity contribution is 0.640. The van der Waals surface area contributed by atoms with Gasteiger partial charge in [-0.1, -0.05) is 6.07 Å². The van der Waals surface area contributed by atoms with Crippen molar-refractivity contribution in [2.45, 2.75) is 0 Å². The van der Waals surface area contributed by atoms with E-state index in [-0.39, 0.29) is 5.82 Å². The van der Waals surface area contributed by atoms with Crippen molar-refractivity contribution in [2.24, 2.45) is 0 Å². The van der Waals surface area contributed by atoms with E-state index in [0.29, 0.717) is 22.6 Å². The molecule has 0 amide bonds. The first-order valence-corrected chi connectivity index (χ1v) is 4.82. The van der Waals surface area contributed by atoms with E-state index < -0.39 is 0 Å². The third kappa shape index (κ3) is 1.18. The molecular formula is C11H9FN4. The molecule has 0 spiro atoms. The van der Waals surface area contributed by atoms with Crippen LogP contribution in [0.3, 0.4) is 0 Å². The van der Waals surface area contributed by atoms with Crippen LogP contribution >= 0.6 is 0 Å². The summed E-state index contributed by atoms with van der Waals surface area (Å²) in [5.41, 5.74) is 7.01. The summed E-state index contributed by atoms with van der Waals surface area (Å²) in [5.74, 6) is 0.0483. The van der Waals surface area contributed by atoms with Gasteiger partial charge in [0.05, 0.1) is 11.2 Å². The quantitative estimate of drug-likeness (QED) is 0.584. The van der Waals surface area contributed by atoms with Crippen LogP contribution in [0.2, 0.25) is 0 Å². The molecule has 0 aliphatic heterocycles. The van der Waals surface area contributed by atoms with E-state index in [9.17, 15) is 4.39 Å². The van der Waals surface area contributed by atoms with Gasteiger partial charge in [0.1, 0.15) is 5.82 Å². The summed E-state index contributed by atoms with van der Waals surface area (Å²) in [6.07, 6.45) is 1.71. The number of anilines is 1. The number of aromatic nitrogens is 3. The second-order valence-corrected chi connectivity index (χ2v) is 3.58. The maximum absolute atomic E-state index is 14.1. The van der Waals surface area contributed by atoms with Gasteiger partial charge in [-0.15, -0.1) is 0 Å². The molecule has 4 nitrogen and oxygen atoms in total. The molecule has 0 aliphatic carbocycles. The minimum atomic E-state index is -0.300. The van der Waals surface area contributed by atoms with E-state index in [1.165, 1.54) is 0 Å². The number of fused-ring (bicyclic) bond motifs is 1. The van der Waals surface area contributed by atoms with Crippen molar-refractivity contribution in [1.82, 2.24) is 15.2 Å². The van der Waals surface area contributed by atoms with E-state index in [0.717, 1.165) is 5.39 Å². The molecular weight excluding hydrogens is 207 g/mol. The number of nitrogens with one attached hydrogen (secondary N) is 2. The average molecular weight is 216 g/mol. The summed E-state index contributed by atoms with van der Waals surface area (Å²) in [7, 11) is 0. The number of hydrogen-bond acceptors (Lipinski definition) is 2. The Bertz CT molecular complexity index is 653. The minimum Gasteiger partial charge on any atom is -0.382 e. The van der Waals surface area contributed by atoms with Crippen molar-refractivity contribution in [3.05, 3.63) is 36.3 Å². The predicted molar refractivity (Wildman–Crippen MR) is 60.3 cm³/mol. The van der Waals surface area contributed by atoms with Crippen molar-refractivity contribution in [2.75, 3.05) is 5.73 Å². The Morgan fingerprint density at radius 1 is 1.25 bits per heavy atom. The molecule has 0 saturated heterocycles. The van der Waals surface area contributed by atoms with Crippen molar-refractivity contribution < 1.29 is 4.39 Å². The Labute approximate surface area is 90.3 Å². The van der Waals surface area contributed by atoms with Crippen LogP contribution in [0.15, 0.2) is 30.5 Å². The van der Waals surface area contributed by atoms with Gasteiger partial charge in [-0.05, 0) is 12.1 Å². The molecule has 3 aromatic rings. The summed E-state index contributed by atoms with van der Waals surface area (Å²) >= 11 is 0. The van der Waals surface area contributed by atoms with Gasteiger partial charge < -0.3 is 10.7 Å². The topological polar surface area (TPSA) is 70.5 Å². The van der Waals surface area contributed by atoms with Gasteiger partial charge in [0.2, 0.25) is 0 Å². The number of benzene rings is 1. The second kappa shape index (κ2) is 3.10. The van der Waals surface area contributed by atoms with Crippen LogP contribution in [0.4, 0.5) is 10.2 Å². The van der Waals surface area contributed by atoms with E-state index in [1.807, 2.05) is 12.1 Å². The Balaban J connectivity index is 2.27. The molecule has 2 aromatic heterocycles. The maximum atomic E-state index is 14.1. The zero-order valence-electron chi connectivity index (χ0n) is 8.29. The fourth-order valence-corrected chi connectivity index (χ4v) is 1.77. The fourth-order valence-electron chi connectivity index (χ4n) is 1.77. The van der Waals surface area contributed by atoms with Crippen LogP contribution in [0.25, 0.3) is 22.2 Å². The molecule has 0 bridgehead atoms. The SMILES string of the molecule is Nc1cc(-c2ccc3cc[nH]c3c2F)[nH]n1. The molecule has 0 atom stereocenters. The normalized spacial score (nSPS) is 11.1. The fraction of sp³-hybridized carbons (Fsp3) is 0. The zero-order valence-corrected chi connectivity index (χ0v) is 8.29. The van der Waals surface area contributed by atoms with Gasteiger partial charge in [0.25, 0.3) is 0 Å². The molecule has 2 heterocycles. The molecule has 0 unspecified atom stereocenters. The van der Waals surface area contributed by atoms with Crippen LogP contribution in [0.5, 0.6) is 0 Å². The maximum Gasteiger partial charge on any atom is 0.156 e. The first kappa shape index (κ1) is 8.96. The Kier molecular flexibility index (Phi) is 1.73. The molecule has 4 N–H and O–H groups in total. The number of halogens is 1. The highest BCUT2D eigenvalue weighted by atomic mass is 19.1.